The van der Waals surface area contributed by atoms with E-state index in [-0.39, 0.29) is 0 Å². The van der Waals surface area contributed by atoms with Crippen LogP contribution in [-0.4, -0.2) is 39.5 Å². The molecule has 0 saturated heterocycles. The third kappa shape index (κ3) is 3.77. The monoisotopic (exact) mass is 360 g/mol. The van der Waals surface area contributed by atoms with Gasteiger partial charge >= 0.3 is 0 Å². The Hall–Kier alpha value is -1.34. The first kappa shape index (κ1) is 20.0. The van der Waals surface area contributed by atoms with Gasteiger partial charge in [-0.3, -0.25) is 4.79 Å². The largest absolute Gasteiger partial charge is 0.364 e. The van der Waals surface area contributed by atoms with Gasteiger partial charge in [0.2, 0.25) is 5.52 Å². The van der Waals surface area contributed by atoms with E-state index >= 15 is 0 Å². The van der Waals surface area contributed by atoms with Crippen LogP contribution in [0.25, 0.3) is 0 Å². The third-order valence-corrected chi connectivity index (χ3v) is 6.87. The molecule has 25 heavy (non-hydrogen) atoms. The van der Waals surface area contributed by atoms with Crippen LogP contribution in [0.1, 0.15) is 55.4 Å². The standard InChI is InChI=1S/C21H33N2OP/c1-14(2)22(15(3)4)19-20(23(16(5)6)17(7)8)25(21(19)24)18-12-10-9-11-13-18/h9-17H,1-8H3. The van der Waals surface area contributed by atoms with Crippen LogP contribution < -0.4 is 5.30 Å². The minimum atomic E-state index is -0.918. The summed E-state index contributed by atoms with van der Waals surface area (Å²) in [7, 11) is -0.918. The van der Waals surface area contributed by atoms with Crippen molar-refractivity contribution in [1.29, 1.82) is 0 Å². The van der Waals surface area contributed by atoms with Gasteiger partial charge in [-0.25, -0.2) is 0 Å². The summed E-state index contributed by atoms with van der Waals surface area (Å²) in [6, 6.07) is 11.7. The molecule has 138 valence electrons. The van der Waals surface area contributed by atoms with E-state index in [2.05, 4.69) is 77.3 Å². The van der Waals surface area contributed by atoms with E-state index < -0.39 is 7.92 Å². The van der Waals surface area contributed by atoms with E-state index in [0.29, 0.717) is 29.7 Å². The predicted octanol–water partition coefficient (Wildman–Crippen LogP) is 4.74. The highest BCUT2D eigenvalue weighted by molar-refractivity contribution is 7.88. The molecular formula is C21H33N2OP. The van der Waals surface area contributed by atoms with Gasteiger partial charge in [-0.1, -0.05) is 30.3 Å². The van der Waals surface area contributed by atoms with Crippen LogP contribution >= 0.6 is 7.92 Å². The summed E-state index contributed by atoms with van der Waals surface area (Å²) in [5, 5.41) is 1.17. The van der Waals surface area contributed by atoms with Crippen LogP contribution in [0.2, 0.25) is 0 Å². The van der Waals surface area contributed by atoms with Gasteiger partial charge in [0.05, 0.1) is 13.4 Å². The van der Waals surface area contributed by atoms with Crippen LogP contribution in [-0.2, 0) is 4.79 Å². The van der Waals surface area contributed by atoms with Crippen LogP contribution in [0.15, 0.2) is 41.5 Å². The van der Waals surface area contributed by atoms with E-state index in [1.807, 2.05) is 18.2 Å². The summed E-state index contributed by atoms with van der Waals surface area (Å²) in [5.74, 6) is 0. The lowest BCUT2D eigenvalue weighted by Crippen LogP contribution is -2.49. The summed E-state index contributed by atoms with van der Waals surface area (Å²) in [5.41, 5.74) is 2.53. The SMILES string of the molecule is CC(C)N(C1=C(N(C(C)C)C(C)C)P(c2ccccc2)C1=O)C(C)C. The minimum absolute atomic E-state index is 0.308. The molecule has 1 aliphatic rings. The molecular weight excluding hydrogens is 327 g/mol. The molecule has 3 nitrogen and oxygen atoms in total. The molecule has 0 spiro atoms. The number of hydrogen-bond donors (Lipinski definition) is 0. The maximum absolute atomic E-state index is 13.3. The fourth-order valence-electron chi connectivity index (χ4n) is 3.83. The van der Waals surface area contributed by atoms with Crippen molar-refractivity contribution in [2.24, 2.45) is 0 Å². The molecule has 1 heterocycles. The first-order valence-corrected chi connectivity index (χ1v) is 10.7. The Morgan fingerprint density at radius 3 is 1.56 bits per heavy atom. The quantitative estimate of drug-likeness (QED) is 0.656. The lowest BCUT2D eigenvalue weighted by atomic mass is 10.2. The molecule has 0 radical (unpaired) electrons. The number of benzene rings is 1. The van der Waals surface area contributed by atoms with E-state index in [0.717, 1.165) is 5.70 Å². The maximum atomic E-state index is 13.3. The predicted molar refractivity (Wildman–Crippen MR) is 109 cm³/mol. The zero-order valence-electron chi connectivity index (χ0n) is 16.9. The van der Waals surface area contributed by atoms with Crippen molar-refractivity contribution < 1.29 is 4.79 Å². The molecule has 0 N–H and O–H groups in total. The molecule has 0 fully saturated rings. The Morgan fingerprint density at radius 1 is 0.720 bits per heavy atom. The molecule has 1 atom stereocenters. The zero-order chi connectivity index (χ0) is 18.9. The van der Waals surface area contributed by atoms with Crippen molar-refractivity contribution in [3.63, 3.8) is 0 Å². The van der Waals surface area contributed by atoms with Gasteiger partial charge in [0.25, 0.3) is 0 Å². The topological polar surface area (TPSA) is 23.6 Å². The molecule has 0 aromatic heterocycles. The number of carbonyl (C=O) groups is 1. The number of allylic oxidation sites excluding steroid dienone is 1. The number of rotatable bonds is 7. The van der Waals surface area contributed by atoms with E-state index in [9.17, 15) is 4.79 Å². The van der Waals surface area contributed by atoms with Crippen molar-refractivity contribution >= 4 is 18.8 Å². The average molecular weight is 360 g/mol. The van der Waals surface area contributed by atoms with Crippen molar-refractivity contribution in [1.82, 2.24) is 9.80 Å². The Kier molecular flexibility index (Phi) is 6.32. The van der Waals surface area contributed by atoms with E-state index in [1.54, 1.807) is 0 Å². The third-order valence-electron chi connectivity index (χ3n) is 4.57. The number of carbonyl (C=O) groups excluding carboxylic acids is 1. The molecule has 1 aliphatic heterocycles. The highest BCUT2D eigenvalue weighted by Crippen LogP contribution is 2.60. The lowest BCUT2D eigenvalue weighted by molar-refractivity contribution is -0.111. The van der Waals surface area contributed by atoms with Gasteiger partial charge in [0.1, 0.15) is 5.70 Å². The zero-order valence-corrected chi connectivity index (χ0v) is 17.8. The van der Waals surface area contributed by atoms with Crippen molar-refractivity contribution in [3.05, 3.63) is 41.5 Å². The van der Waals surface area contributed by atoms with Crippen LogP contribution in [0.4, 0.5) is 0 Å². The van der Waals surface area contributed by atoms with E-state index in [4.69, 9.17) is 0 Å². The molecule has 0 amide bonds. The van der Waals surface area contributed by atoms with Crippen molar-refractivity contribution in [2.45, 2.75) is 79.6 Å². The Labute approximate surface area is 154 Å². The summed E-state index contributed by atoms with van der Waals surface area (Å²) < 4.78 is 0. The summed E-state index contributed by atoms with van der Waals surface area (Å²) in [6.07, 6.45) is 0. The average Bonchev–Trinajstić information content (AvgIpc) is 2.51. The smallest absolute Gasteiger partial charge is 0.212 e. The molecule has 0 saturated carbocycles. The van der Waals surface area contributed by atoms with Gasteiger partial charge in [-0.05, 0) is 60.7 Å². The number of nitrogens with zero attached hydrogens (tertiary/aromatic N) is 2. The highest BCUT2D eigenvalue weighted by atomic mass is 31.1. The molecule has 1 unspecified atom stereocenters. The normalized spacial score (nSPS) is 17.8. The van der Waals surface area contributed by atoms with Gasteiger partial charge in [-0.15, -0.1) is 0 Å². The molecule has 2 rings (SSSR count). The Bertz CT molecular complexity index is 619. The molecule has 0 bridgehead atoms. The summed E-state index contributed by atoms with van der Waals surface area (Å²) in [4.78, 5) is 18.0. The minimum Gasteiger partial charge on any atom is -0.364 e. The van der Waals surface area contributed by atoms with Crippen LogP contribution in [0.3, 0.4) is 0 Å². The van der Waals surface area contributed by atoms with Gasteiger partial charge in [-0.2, -0.15) is 0 Å². The molecule has 0 aliphatic carbocycles. The second-order valence-electron chi connectivity index (χ2n) is 7.84. The fraction of sp³-hybridized carbons (Fsp3) is 0.571. The summed E-state index contributed by atoms with van der Waals surface area (Å²) in [6.45, 7) is 17.6. The van der Waals surface area contributed by atoms with E-state index in [1.165, 1.54) is 10.7 Å². The lowest BCUT2D eigenvalue weighted by Gasteiger charge is -2.49. The molecule has 1 aromatic carbocycles. The molecule has 1 aromatic rings. The Balaban J connectivity index is 2.63. The first-order valence-electron chi connectivity index (χ1n) is 9.38. The second kappa shape index (κ2) is 7.91. The second-order valence-corrected chi connectivity index (χ2v) is 9.85. The summed E-state index contributed by atoms with van der Waals surface area (Å²) >= 11 is 0. The fourth-order valence-corrected chi connectivity index (χ4v) is 6.36. The molecule has 4 heteroatoms. The van der Waals surface area contributed by atoms with Gasteiger partial charge < -0.3 is 9.80 Å². The first-order chi connectivity index (χ1) is 11.7. The van der Waals surface area contributed by atoms with Gasteiger partial charge in [0, 0.05) is 24.2 Å². The van der Waals surface area contributed by atoms with Crippen LogP contribution in [0, 0.1) is 0 Å². The van der Waals surface area contributed by atoms with Gasteiger partial charge in [0.15, 0.2) is 0 Å². The van der Waals surface area contributed by atoms with Crippen LogP contribution in [0.5, 0.6) is 0 Å². The highest BCUT2D eigenvalue weighted by Gasteiger charge is 2.47. The van der Waals surface area contributed by atoms with Crippen molar-refractivity contribution in [3.8, 4) is 0 Å². The number of hydrogen-bond acceptors (Lipinski definition) is 3. The Morgan fingerprint density at radius 2 is 1.16 bits per heavy atom. The maximum Gasteiger partial charge on any atom is 0.212 e. The van der Waals surface area contributed by atoms with Crippen molar-refractivity contribution in [2.75, 3.05) is 0 Å².